The summed E-state index contributed by atoms with van der Waals surface area (Å²) < 4.78 is 39.4. The first kappa shape index (κ1) is 22.4. The summed E-state index contributed by atoms with van der Waals surface area (Å²) in [6.45, 7) is 7.58. The fourth-order valence-electron chi connectivity index (χ4n) is 3.25. The second kappa shape index (κ2) is 8.81. The number of esters is 1. The summed E-state index contributed by atoms with van der Waals surface area (Å²) in [5.41, 5.74) is 2.20. The molecule has 0 radical (unpaired) electrons. The number of benzene rings is 2. The first-order valence-electron chi connectivity index (χ1n) is 9.60. The smallest absolute Gasteiger partial charge is 0.344 e. The lowest BCUT2D eigenvalue weighted by Crippen LogP contribution is -2.15. The lowest BCUT2D eigenvalue weighted by molar-refractivity contribution is -0.145. The molecule has 3 rings (SSSR count). The second-order valence-electron chi connectivity index (χ2n) is 7.22. The van der Waals surface area contributed by atoms with E-state index in [0.29, 0.717) is 16.8 Å². The number of carbonyl (C=O) groups is 1. The molecule has 0 aliphatic carbocycles. The largest absolute Gasteiger partial charge is 0.482 e. The molecule has 0 unspecified atom stereocenters. The van der Waals surface area contributed by atoms with Crippen LogP contribution in [0.2, 0.25) is 0 Å². The van der Waals surface area contributed by atoms with Crippen LogP contribution in [-0.4, -0.2) is 31.6 Å². The number of hydrogen-bond donors (Lipinski definition) is 0. The predicted molar refractivity (Wildman–Crippen MR) is 120 cm³/mol. The second-order valence-corrected chi connectivity index (χ2v) is 9.95. The van der Waals surface area contributed by atoms with Gasteiger partial charge in [0, 0.05) is 16.1 Å². The van der Waals surface area contributed by atoms with Gasteiger partial charge < -0.3 is 9.47 Å². The molecule has 1 heterocycles. The van der Waals surface area contributed by atoms with Crippen molar-refractivity contribution < 1.29 is 22.7 Å². The molecule has 30 heavy (non-hydrogen) atoms. The standard InChI is InChI=1S/C22H24BrNO5S/c1-5-28-22(25)13-29-21-9-7-17(10-15(21)4)30(26,27)24-12-19(14(2)3)18-11-16(23)6-8-20(18)24/h6-12,14H,5,13H2,1-4H3. The van der Waals surface area contributed by atoms with E-state index in [2.05, 4.69) is 15.9 Å². The first-order chi connectivity index (χ1) is 14.1. The van der Waals surface area contributed by atoms with Gasteiger partial charge in [0.1, 0.15) is 5.75 Å². The zero-order valence-corrected chi connectivity index (χ0v) is 19.7. The van der Waals surface area contributed by atoms with Crippen LogP contribution < -0.4 is 4.74 Å². The van der Waals surface area contributed by atoms with E-state index in [0.717, 1.165) is 15.4 Å². The quantitative estimate of drug-likeness (QED) is 0.432. The molecule has 8 heteroatoms. The van der Waals surface area contributed by atoms with Crippen molar-refractivity contribution in [2.75, 3.05) is 13.2 Å². The van der Waals surface area contributed by atoms with E-state index in [1.165, 1.54) is 10.0 Å². The molecule has 0 atom stereocenters. The third-order valence-electron chi connectivity index (χ3n) is 4.74. The van der Waals surface area contributed by atoms with Crippen LogP contribution in [0.5, 0.6) is 5.75 Å². The molecule has 160 valence electrons. The molecule has 6 nitrogen and oxygen atoms in total. The molecule has 0 saturated carbocycles. The molecule has 0 bridgehead atoms. The third-order valence-corrected chi connectivity index (χ3v) is 6.90. The van der Waals surface area contributed by atoms with Gasteiger partial charge in [-0.05, 0) is 67.3 Å². The van der Waals surface area contributed by atoms with Crippen LogP contribution in [-0.2, 0) is 19.6 Å². The fraction of sp³-hybridized carbons (Fsp3) is 0.318. The average molecular weight is 494 g/mol. The van der Waals surface area contributed by atoms with E-state index in [1.807, 2.05) is 26.0 Å². The monoisotopic (exact) mass is 493 g/mol. The first-order valence-corrected chi connectivity index (χ1v) is 11.8. The molecule has 0 amide bonds. The van der Waals surface area contributed by atoms with Crippen molar-refractivity contribution in [2.45, 2.75) is 38.5 Å². The minimum absolute atomic E-state index is 0.151. The van der Waals surface area contributed by atoms with Crippen molar-refractivity contribution in [3.05, 3.63) is 58.2 Å². The average Bonchev–Trinajstić information content (AvgIpc) is 3.07. The van der Waals surface area contributed by atoms with Gasteiger partial charge in [-0.25, -0.2) is 17.2 Å². The van der Waals surface area contributed by atoms with Crippen molar-refractivity contribution in [1.29, 1.82) is 0 Å². The number of hydrogen-bond acceptors (Lipinski definition) is 5. The Morgan fingerprint density at radius 1 is 1.17 bits per heavy atom. The lowest BCUT2D eigenvalue weighted by atomic mass is 10.0. The number of fused-ring (bicyclic) bond motifs is 1. The van der Waals surface area contributed by atoms with Gasteiger partial charge in [-0.2, -0.15) is 0 Å². The van der Waals surface area contributed by atoms with Gasteiger partial charge in [0.05, 0.1) is 17.0 Å². The summed E-state index contributed by atoms with van der Waals surface area (Å²) in [7, 11) is -3.82. The summed E-state index contributed by atoms with van der Waals surface area (Å²) in [6, 6.07) is 10.2. The van der Waals surface area contributed by atoms with E-state index in [-0.39, 0.29) is 24.0 Å². The van der Waals surface area contributed by atoms with Gasteiger partial charge in [0.2, 0.25) is 0 Å². The van der Waals surface area contributed by atoms with Crippen LogP contribution >= 0.6 is 15.9 Å². The molecule has 0 saturated heterocycles. The number of carbonyl (C=O) groups excluding carboxylic acids is 1. The molecule has 0 aliphatic rings. The van der Waals surface area contributed by atoms with Crippen LogP contribution in [0.25, 0.3) is 10.9 Å². The van der Waals surface area contributed by atoms with Crippen molar-refractivity contribution in [3.63, 3.8) is 0 Å². The Hall–Kier alpha value is -2.32. The maximum absolute atomic E-state index is 13.4. The molecule has 0 N–H and O–H groups in total. The maximum atomic E-state index is 13.4. The number of nitrogens with zero attached hydrogens (tertiary/aromatic N) is 1. The van der Waals surface area contributed by atoms with Crippen LogP contribution in [0, 0.1) is 6.92 Å². The topological polar surface area (TPSA) is 74.6 Å². The Morgan fingerprint density at radius 2 is 1.90 bits per heavy atom. The Balaban J connectivity index is 2.00. The molecular weight excluding hydrogens is 470 g/mol. The van der Waals surface area contributed by atoms with E-state index in [4.69, 9.17) is 9.47 Å². The lowest BCUT2D eigenvalue weighted by Gasteiger charge is -2.12. The summed E-state index contributed by atoms with van der Waals surface area (Å²) in [5, 5.41) is 0.897. The van der Waals surface area contributed by atoms with Crippen LogP contribution in [0.3, 0.4) is 0 Å². The normalized spacial score (nSPS) is 11.8. The Morgan fingerprint density at radius 3 is 2.53 bits per heavy atom. The Bertz CT molecular complexity index is 1200. The highest BCUT2D eigenvalue weighted by molar-refractivity contribution is 9.10. The van der Waals surface area contributed by atoms with Crippen molar-refractivity contribution in [3.8, 4) is 5.75 Å². The number of rotatable bonds is 7. The molecule has 0 aliphatic heterocycles. The fourth-order valence-corrected chi connectivity index (χ4v) is 5.08. The molecular formula is C22H24BrNO5S. The van der Waals surface area contributed by atoms with Gasteiger partial charge >= 0.3 is 5.97 Å². The van der Waals surface area contributed by atoms with E-state index in [1.54, 1.807) is 38.2 Å². The molecule has 1 aromatic heterocycles. The van der Waals surface area contributed by atoms with E-state index < -0.39 is 16.0 Å². The number of aromatic nitrogens is 1. The summed E-state index contributed by atoms with van der Waals surface area (Å²) in [5.74, 6) is 0.129. The highest BCUT2D eigenvalue weighted by atomic mass is 79.9. The van der Waals surface area contributed by atoms with Gasteiger partial charge in [-0.15, -0.1) is 0 Å². The van der Waals surface area contributed by atoms with Gasteiger partial charge in [0.15, 0.2) is 6.61 Å². The van der Waals surface area contributed by atoms with Crippen LogP contribution in [0.15, 0.2) is 52.0 Å². The Kier molecular flexibility index (Phi) is 6.57. The summed E-state index contributed by atoms with van der Waals surface area (Å²) in [6.07, 6.45) is 1.69. The molecule has 2 aromatic carbocycles. The molecule has 0 fully saturated rings. The molecule has 3 aromatic rings. The van der Waals surface area contributed by atoms with Crippen LogP contribution in [0.4, 0.5) is 0 Å². The predicted octanol–water partition coefficient (Wildman–Crippen LogP) is 5.01. The van der Waals surface area contributed by atoms with Crippen LogP contribution in [0.1, 0.15) is 37.8 Å². The number of aryl methyl sites for hydroxylation is 1. The van der Waals surface area contributed by atoms with Gasteiger partial charge in [-0.3, -0.25) is 0 Å². The number of halogens is 1. The third kappa shape index (κ3) is 4.39. The van der Waals surface area contributed by atoms with E-state index in [9.17, 15) is 13.2 Å². The van der Waals surface area contributed by atoms with Gasteiger partial charge in [-0.1, -0.05) is 29.8 Å². The van der Waals surface area contributed by atoms with Gasteiger partial charge in [0.25, 0.3) is 10.0 Å². The maximum Gasteiger partial charge on any atom is 0.344 e. The van der Waals surface area contributed by atoms with Crippen molar-refractivity contribution in [2.24, 2.45) is 0 Å². The zero-order valence-electron chi connectivity index (χ0n) is 17.3. The minimum Gasteiger partial charge on any atom is -0.482 e. The number of ether oxygens (including phenoxy) is 2. The highest BCUT2D eigenvalue weighted by Gasteiger charge is 2.23. The van der Waals surface area contributed by atoms with E-state index >= 15 is 0 Å². The van der Waals surface area contributed by atoms with Crippen molar-refractivity contribution >= 4 is 42.8 Å². The Labute approximate surface area is 185 Å². The zero-order chi connectivity index (χ0) is 22.1. The van der Waals surface area contributed by atoms with Crippen molar-refractivity contribution in [1.82, 2.24) is 3.97 Å². The highest BCUT2D eigenvalue weighted by Crippen LogP contribution is 2.33. The molecule has 0 spiro atoms. The summed E-state index contributed by atoms with van der Waals surface area (Å²) in [4.78, 5) is 11.6. The summed E-state index contributed by atoms with van der Waals surface area (Å²) >= 11 is 3.47. The SMILES string of the molecule is CCOC(=O)COc1ccc(S(=O)(=O)n2cc(C(C)C)c3cc(Br)ccc32)cc1C. The minimum atomic E-state index is -3.82.